The molecule has 0 bridgehead atoms. The summed E-state index contributed by atoms with van der Waals surface area (Å²) in [5, 5.41) is 8.10. The van der Waals surface area contributed by atoms with E-state index < -0.39 is 0 Å². The zero-order chi connectivity index (χ0) is 14.4. The number of hydrogen-bond donors (Lipinski definition) is 1. The van der Waals surface area contributed by atoms with Crippen molar-refractivity contribution in [1.29, 1.82) is 0 Å². The predicted octanol–water partition coefficient (Wildman–Crippen LogP) is 3.50. The fraction of sp³-hybridized carbons (Fsp3) is 0.471. The van der Waals surface area contributed by atoms with Gasteiger partial charge in [-0.25, -0.2) is 4.68 Å². The third-order valence-electron chi connectivity index (χ3n) is 3.50. The highest BCUT2D eigenvalue weighted by atomic mass is 15.3. The molecule has 2 rings (SSSR count). The number of benzene rings is 1. The van der Waals surface area contributed by atoms with Crippen LogP contribution >= 0.6 is 0 Å². The maximum absolute atomic E-state index is 4.68. The van der Waals surface area contributed by atoms with Gasteiger partial charge >= 0.3 is 0 Å². The molecule has 0 fully saturated rings. The fourth-order valence-corrected chi connectivity index (χ4v) is 2.29. The van der Waals surface area contributed by atoms with Crippen molar-refractivity contribution < 1.29 is 0 Å². The molecule has 0 spiro atoms. The van der Waals surface area contributed by atoms with Crippen LogP contribution < -0.4 is 5.32 Å². The second-order valence-electron chi connectivity index (χ2n) is 5.09. The Bertz CT molecular complexity index is 526. The van der Waals surface area contributed by atoms with E-state index in [1.807, 2.05) is 0 Å². The molecule has 0 aliphatic heterocycles. The molecule has 1 heterocycles. The molecule has 3 heteroatoms. The minimum Gasteiger partial charge on any atom is -0.313 e. The van der Waals surface area contributed by atoms with E-state index in [1.165, 1.54) is 17.7 Å². The number of nitrogens with one attached hydrogen (secondary N) is 1. The molecule has 0 aliphatic rings. The lowest BCUT2D eigenvalue weighted by Crippen LogP contribution is -2.13. The molecule has 20 heavy (non-hydrogen) atoms. The van der Waals surface area contributed by atoms with Gasteiger partial charge in [-0.05, 0) is 49.6 Å². The summed E-state index contributed by atoms with van der Waals surface area (Å²) >= 11 is 0. The van der Waals surface area contributed by atoms with Crippen molar-refractivity contribution in [3.05, 3.63) is 47.3 Å². The van der Waals surface area contributed by atoms with Crippen molar-refractivity contribution in [1.82, 2.24) is 15.1 Å². The zero-order valence-corrected chi connectivity index (χ0v) is 12.8. The first kappa shape index (κ1) is 14.8. The third-order valence-corrected chi connectivity index (χ3v) is 3.50. The van der Waals surface area contributed by atoms with E-state index >= 15 is 0 Å². The summed E-state index contributed by atoms with van der Waals surface area (Å²) in [5.74, 6) is 0. The Morgan fingerprint density at radius 1 is 1.05 bits per heavy atom. The lowest BCUT2D eigenvalue weighted by molar-refractivity contribution is 0.675. The molecule has 0 atom stereocenters. The van der Waals surface area contributed by atoms with Crippen LogP contribution in [0.1, 0.15) is 44.1 Å². The van der Waals surface area contributed by atoms with Gasteiger partial charge in [0.1, 0.15) is 0 Å². The van der Waals surface area contributed by atoms with Gasteiger partial charge < -0.3 is 5.32 Å². The predicted molar refractivity (Wildman–Crippen MR) is 84.3 cm³/mol. The van der Waals surface area contributed by atoms with Crippen LogP contribution in [-0.4, -0.2) is 16.3 Å². The van der Waals surface area contributed by atoms with Crippen LogP contribution in [-0.2, 0) is 19.4 Å². The minimum absolute atomic E-state index is 0.939. The molecule has 0 aliphatic carbocycles. The number of aromatic nitrogens is 2. The average Bonchev–Trinajstić information content (AvgIpc) is 2.91. The van der Waals surface area contributed by atoms with Crippen LogP contribution in [0.3, 0.4) is 0 Å². The largest absolute Gasteiger partial charge is 0.313 e. The molecule has 0 unspecified atom stereocenters. The van der Waals surface area contributed by atoms with Crippen LogP contribution in [0.2, 0.25) is 0 Å². The molecule has 1 N–H and O–H groups in total. The first-order valence-corrected chi connectivity index (χ1v) is 7.66. The first-order valence-electron chi connectivity index (χ1n) is 7.66. The number of rotatable bonds is 7. The van der Waals surface area contributed by atoms with Gasteiger partial charge in [-0.3, -0.25) is 0 Å². The number of nitrogens with zero attached hydrogens (tertiary/aromatic N) is 2. The summed E-state index contributed by atoms with van der Waals surface area (Å²) in [5.41, 5.74) is 4.91. The first-order chi connectivity index (χ1) is 9.78. The highest BCUT2D eigenvalue weighted by Crippen LogP contribution is 2.15. The Balaban J connectivity index is 2.14. The lowest BCUT2D eigenvalue weighted by atomic mass is 10.2. The molecule has 0 saturated carbocycles. The van der Waals surface area contributed by atoms with E-state index in [-0.39, 0.29) is 0 Å². The van der Waals surface area contributed by atoms with E-state index in [4.69, 9.17) is 0 Å². The molecular formula is C17H25N3. The van der Waals surface area contributed by atoms with Gasteiger partial charge in [-0.2, -0.15) is 5.10 Å². The summed E-state index contributed by atoms with van der Waals surface area (Å²) in [6, 6.07) is 10.9. The van der Waals surface area contributed by atoms with Gasteiger partial charge in [-0.15, -0.1) is 0 Å². The van der Waals surface area contributed by atoms with Gasteiger partial charge in [0, 0.05) is 12.2 Å². The summed E-state index contributed by atoms with van der Waals surface area (Å²) in [6.07, 6.45) is 3.16. The Morgan fingerprint density at radius 3 is 2.40 bits per heavy atom. The Morgan fingerprint density at radius 2 is 1.80 bits per heavy atom. The smallest absolute Gasteiger partial charge is 0.0649 e. The number of aryl methyl sites for hydroxylation is 2. The van der Waals surface area contributed by atoms with E-state index in [0.717, 1.165) is 37.3 Å². The normalized spacial score (nSPS) is 10.9. The SMILES string of the molecule is CCCNCc1ccc(-n2nc(CC)cc2CC)cc1. The second-order valence-corrected chi connectivity index (χ2v) is 5.09. The molecule has 2 aromatic rings. The average molecular weight is 271 g/mol. The van der Waals surface area contributed by atoms with Crippen molar-refractivity contribution in [2.24, 2.45) is 0 Å². The maximum atomic E-state index is 4.68. The summed E-state index contributed by atoms with van der Waals surface area (Å²) in [7, 11) is 0. The molecular weight excluding hydrogens is 246 g/mol. The molecule has 1 aromatic carbocycles. The molecule has 1 aromatic heterocycles. The zero-order valence-electron chi connectivity index (χ0n) is 12.8. The van der Waals surface area contributed by atoms with Gasteiger partial charge in [0.25, 0.3) is 0 Å². The molecule has 3 nitrogen and oxygen atoms in total. The quantitative estimate of drug-likeness (QED) is 0.781. The van der Waals surface area contributed by atoms with Gasteiger partial charge in [-0.1, -0.05) is 32.9 Å². The Hall–Kier alpha value is -1.61. The molecule has 108 valence electrons. The van der Waals surface area contributed by atoms with Crippen molar-refractivity contribution in [2.45, 2.75) is 46.6 Å². The van der Waals surface area contributed by atoms with Crippen molar-refractivity contribution >= 4 is 0 Å². The van der Waals surface area contributed by atoms with E-state index in [9.17, 15) is 0 Å². The summed E-state index contributed by atoms with van der Waals surface area (Å²) in [6.45, 7) is 8.52. The van der Waals surface area contributed by atoms with Crippen LogP contribution in [0.25, 0.3) is 5.69 Å². The van der Waals surface area contributed by atoms with Crippen molar-refractivity contribution in [3.8, 4) is 5.69 Å². The minimum atomic E-state index is 0.939. The van der Waals surface area contributed by atoms with E-state index in [0.29, 0.717) is 0 Å². The van der Waals surface area contributed by atoms with Crippen LogP contribution in [0.4, 0.5) is 0 Å². The summed E-state index contributed by atoms with van der Waals surface area (Å²) < 4.78 is 2.07. The summed E-state index contributed by atoms with van der Waals surface area (Å²) in [4.78, 5) is 0. The standard InChI is InChI=1S/C17H25N3/c1-4-11-18-13-14-7-9-17(10-8-14)20-16(6-3)12-15(5-2)19-20/h7-10,12,18H,4-6,11,13H2,1-3H3. The molecule has 0 saturated heterocycles. The topological polar surface area (TPSA) is 29.9 Å². The van der Waals surface area contributed by atoms with Crippen molar-refractivity contribution in [3.63, 3.8) is 0 Å². The van der Waals surface area contributed by atoms with Crippen LogP contribution in [0.5, 0.6) is 0 Å². The fourth-order valence-electron chi connectivity index (χ4n) is 2.29. The lowest BCUT2D eigenvalue weighted by Gasteiger charge is -2.08. The Kier molecular flexibility index (Phi) is 5.36. The molecule has 0 radical (unpaired) electrons. The Labute approximate surface area is 122 Å². The third kappa shape index (κ3) is 3.48. The monoisotopic (exact) mass is 271 g/mol. The number of hydrogen-bond acceptors (Lipinski definition) is 2. The highest BCUT2D eigenvalue weighted by molar-refractivity contribution is 5.36. The van der Waals surface area contributed by atoms with Gasteiger partial charge in [0.2, 0.25) is 0 Å². The van der Waals surface area contributed by atoms with E-state index in [1.54, 1.807) is 0 Å². The van der Waals surface area contributed by atoms with Crippen LogP contribution in [0, 0.1) is 0 Å². The van der Waals surface area contributed by atoms with E-state index in [2.05, 4.69) is 66.2 Å². The molecule has 0 amide bonds. The van der Waals surface area contributed by atoms with Crippen LogP contribution in [0.15, 0.2) is 30.3 Å². The van der Waals surface area contributed by atoms with Gasteiger partial charge in [0.15, 0.2) is 0 Å². The maximum Gasteiger partial charge on any atom is 0.0649 e. The highest BCUT2D eigenvalue weighted by Gasteiger charge is 2.07. The van der Waals surface area contributed by atoms with Crippen molar-refractivity contribution in [2.75, 3.05) is 6.54 Å². The second kappa shape index (κ2) is 7.25. The van der Waals surface area contributed by atoms with Gasteiger partial charge in [0.05, 0.1) is 11.4 Å².